The highest BCUT2D eigenvalue weighted by atomic mass is 19.4. The molecule has 1 aromatic heterocycles. The predicted molar refractivity (Wildman–Crippen MR) is 54.8 cm³/mol. The zero-order valence-corrected chi connectivity index (χ0v) is 8.94. The second-order valence-electron chi connectivity index (χ2n) is 3.37. The third kappa shape index (κ3) is 4.03. The minimum Gasteiger partial charge on any atom is -0.329 e. The number of rotatable bonds is 4. The summed E-state index contributed by atoms with van der Waals surface area (Å²) in [5.74, 6) is -1.88. The molecule has 0 saturated heterocycles. The van der Waals surface area contributed by atoms with Crippen LogP contribution in [0.5, 0.6) is 0 Å². The summed E-state index contributed by atoms with van der Waals surface area (Å²) in [6, 6.07) is 3.10. The molecule has 0 radical (unpaired) electrons. The first kappa shape index (κ1) is 13.4. The Bertz CT molecular complexity index is 367. The quantitative estimate of drug-likeness (QED) is 0.861. The van der Waals surface area contributed by atoms with Gasteiger partial charge in [-0.3, -0.25) is 9.78 Å². The normalized spacial score (nSPS) is 11.3. The predicted octanol–water partition coefficient (Wildman–Crippen LogP) is 0.931. The van der Waals surface area contributed by atoms with Gasteiger partial charge in [-0.25, -0.2) is 0 Å². The van der Waals surface area contributed by atoms with Gasteiger partial charge in [0, 0.05) is 32.0 Å². The summed E-state index contributed by atoms with van der Waals surface area (Å²) >= 11 is 0. The van der Waals surface area contributed by atoms with Crippen molar-refractivity contribution in [1.29, 1.82) is 0 Å². The number of alkyl halides is 3. The van der Waals surface area contributed by atoms with E-state index in [0.29, 0.717) is 10.5 Å². The van der Waals surface area contributed by atoms with E-state index in [4.69, 9.17) is 5.73 Å². The second-order valence-corrected chi connectivity index (χ2v) is 3.37. The van der Waals surface area contributed by atoms with Crippen LogP contribution in [-0.4, -0.2) is 35.1 Å². The minimum absolute atomic E-state index is 0.0209. The molecule has 2 N–H and O–H groups in total. The molecule has 4 nitrogen and oxygen atoms in total. The fourth-order valence-electron chi connectivity index (χ4n) is 1.30. The fourth-order valence-corrected chi connectivity index (χ4v) is 1.30. The monoisotopic (exact) mass is 247 g/mol. The molecule has 94 valence electrons. The highest BCUT2D eigenvalue weighted by Crippen LogP contribution is 2.19. The van der Waals surface area contributed by atoms with Crippen molar-refractivity contribution in [1.82, 2.24) is 9.88 Å². The third-order valence-corrected chi connectivity index (χ3v) is 2.05. The molecule has 0 aromatic carbocycles. The van der Waals surface area contributed by atoms with Gasteiger partial charge in [0.1, 0.15) is 0 Å². The number of hydrogen-bond donors (Lipinski definition) is 1. The van der Waals surface area contributed by atoms with Crippen molar-refractivity contribution in [3.63, 3.8) is 0 Å². The van der Waals surface area contributed by atoms with Crippen molar-refractivity contribution in [2.75, 3.05) is 13.1 Å². The smallest absolute Gasteiger partial charge is 0.329 e. The van der Waals surface area contributed by atoms with Crippen molar-refractivity contribution >= 4 is 5.91 Å². The minimum atomic E-state index is -4.87. The van der Waals surface area contributed by atoms with E-state index >= 15 is 0 Å². The summed E-state index contributed by atoms with van der Waals surface area (Å²) in [5.41, 5.74) is 5.77. The first-order chi connectivity index (χ1) is 7.95. The molecule has 0 spiro atoms. The Balaban J connectivity index is 2.77. The van der Waals surface area contributed by atoms with Crippen LogP contribution >= 0.6 is 0 Å². The highest BCUT2D eigenvalue weighted by Gasteiger charge is 2.42. The molecule has 1 heterocycles. The molecule has 0 fully saturated rings. The van der Waals surface area contributed by atoms with Crippen molar-refractivity contribution in [2.45, 2.75) is 12.7 Å². The Kier molecular flexibility index (Phi) is 4.45. The van der Waals surface area contributed by atoms with Crippen molar-refractivity contribution < 1.29 is 18.0 Å². The average molecular weight is 247 g/mol. The first-order valence-corrected chi connectivity index (χ1v) is 4.90. The van der Waals surface area contributed by atoms with Gasteiger partial charge in [-0.05, 0) is 17.7 Å². The molecule has 0 atom stereocenters. The Hall–Kier alpha value is -1.63. The maximum Gasteiger partial charge on any atom is 0.471 e. The maximum absolute atomic E-state index is 12.3. The zero-order valence-electron chi connectivity index (χ0n) is 8.94. The fraction of sp³-hybridized carbons (Fsp3) is 0.400. The average Bonchev–Trinajstić information content (AvgIpc) is 2.28. The number of pyridine rings is 1. The lowest BCUT2D eigenvalue weighted by Crippen LogP contribution is -2.43. The molecule has 0 aliphatic rings. The Morgan fingerprint density at radius 2 is 1.94 bits per heavy atom. The van der Waals surface area contributed by atoms with Gasteiger partial charge in [-0.1, -0.05) is 0 Å². The molecule has 0 aliphatic carbocycles. The molecule has 1 rings (SSSR count). The van der Waals surface area contributed by atoms with E-state index in [1.54, 1.807) is 12.1 Å². The molecule has 0 unspecified atom stereocenters. The number of nitrogens with zero attached hydrogens (tertiary/aromatic N) is 2. The van der Waals surface area contributed by atoms with E-state index in [1.807, 2.05) is 0 Å². The first-order valence-electron chi connectivity index (χ1n) is 4.90. The number of aromatic nitrogens is 1. The van der Waals surface area contributed by atoms with Crippen LogP contribution in [0.2, 0.25) is 0 Å². The van der Waals surface area contributed by atoms with Gasteiger partial charge in [0.05, 0.1) is 0 Å². The summed E-state index contributed by atoms with van der Waals surface area (Å²) in [6.07, 6.45) is -1.97. The van der Waals surface area contributed by atoms with Gasteiger partial charge in [-0.2, -0.15) is 13.2 Å². The highest BCUT2D eigenvalue weighted by molar-refractivity contribution is 5.81. The molecule has 0 saturated carbocycles. The summed E-state index contributed by atoms with van der Waals surface area (Å²) in [7, 11) is 0. The lowest BCUT2D eigenvalue weighted by Gasteiger charge is -2.23. The number of hydrogen-bond acceptors (Lipinski definition) is 3. The second kappa shape index (κ2) is 5.62. The SMILES string of the molecule is NCCN(Cc1ccncc1)C(=O)C(F)(F)F. The number of carbonyl (C=O) groups is 1. The van der Waals surface area contributed by atoms with Gasteiger partial charge in [0.15, 0.2) is 0 Å². The van der Waals surface area contributed by atoms with Crippen LogP contribution in [0.15, 0.2) is 24.5 Å². The molecule has 7 heteroatoms. The molecule has 1 aromatic rings. The summed E-state index contributed by atoms with van der Waals surface area (Å²) in [6.45, 7) is -0.286. The number of carbonyl (C=O) groups excluding carboxylic acids is 1. The van der Waals surface area contributed by atoms with E-state index < -0.39 is 12.1 Å². The van der Waals surface area contributed by atoms with Gasteiger partial charge >= 0.3 is 12.1 Å². The lowest BCUT2D eigenvalue weighted by molar-refractivity contribution is -0.186. The van der Waals surface area contributed by atoms with Gasteiger partial charge in [-0.15, -0.1) is 0 Å². The largest absolute Gasteiger partial charge is 0.471 e. The number of halogens is 3. The topological polar surface area (TPSA) is 59.2 Å². The number of nitrogens with two attached hydrogens (primary N) is 1. The Morgan fingerprint density at radius 1 is 1.35 bits per heavy atom. The van der Waals surface area contributed by atoms with Crippen LogP contribution < -0.4 is 5.73 Å². The van der Waals surface area contributed by atoms with Crippen LogP contribution in [0.3, 0.4) is 0 Å². The standard InChI is InChI=1S/C10H12F3N3O/c11-10(12,13)9(17)16(6-3-14)7-8-1-4-15-5-2-8/h1-2,4-5H,3,6-7,14H2. The van der Waals surface area contributed by atoms with E-state index in [9.17, 15) is 18.0 Å². The van der Waals surface area contributed by atoms with Crippen LogP contribution in [0.4, 0.5) is 13.2 Å². The van der Waals surface area contributed by atoms with Gasteiger partial charge in [0.2, 0.25) is 0 Å². The molecule has 1 amide bonds. The van der Waals surface area contributed by atoms with Crippen LogP contribution in [0.1, 0.15) is 5.56 Å². The van der Waals surface area contributed by atoms with Crippen molar-refractivity contribution in [2.24, 2.45) is 5.73 Å². The van der Waals surface area contributed by atoms with Gasteiger partial charge in [0.25, 0.3) is 0 Å². The molecular formula is C10H12F3N3O. The molecular weight excluding hydrogens is 235 g/mol. The van der Waals surface area contributed by atoms with E-state index in [2.05, 4.69) is 4.98 Å². The molecule has 0 bridgehead atoms. The molecule has 0 aliphatic heterocycles. The van der Waals surface area contributed by atoms with Crippen LogP contribution in [0, 0.1) is 0 Å². The maximum atomic E-state index is 12.3. The number of amides is 1. The van der Waals surface area contributed by atoms with E-state index in [1.165, 1.54) is 12.4 Å². The van der Waals surface area contributed by atoms with E-state index in [0.717, 1.165) is 0 Å². The Labute approximate surface area is 96.2 Å². The van der Waals surface area contributed by atoms with Crippen molar-refractivity contribution in [3.8, 4) is 0 Å². The van der Waals surface area contributed by atoms with Crippen LogP contribution in [-0.2, 0) is 11.3 Å². The van der Waals surface area contributed by atoms with Gasteiger partial charge < -0.3 is 10.6 Å². The summed E-state index contributed by atoms with van der Waals surface area (Å²) < 4.78 is 36.8. The molecule has 17 heavy (non-hydrogen) atoms. The summed E-state index contributed by atoms with van der Waals surface area (Å²) in [4.78, 5) is 15.5. The van der Waals surface area contributed by atoms with Crippen molar-refractivity contribution in [3.05, 3.63) is 30.1 Å². The third-order valence-electron chi connectivity index (χ3n) is 2.05. The van der Waals surface area contributed by atoms with E-state index in [-0.39, 0.29) is 19.6 Å². The zero-order chi connectivity index (χ0) is 12.9. The van der Waals surface area contributed by atoms with Crippen LogP contribution in [0.25, 0.3) is 0 Å². The lowest BCUT2D eigenvalue weighted by atomic mass is 10.2. The summed E-state index contributed by atoms with van der Waals surface area (Å²) in [5, 5.41) is 0. The Morgan fingerprint density at radius 3 is 2.41 bits per heavy atom.